The Hall–Kier alpha value is -7.26. The minimum absolute atomic E-state index is 1.12. The largest absolute Gasteiger partial charge is 0.309 e. The van der Waals surface area contributed by atoms with E-state index in [0.717, 1.165) is 11.4 Å². The van der Waals surface area contributed by atoms with Gasteiger partial charge in [-0.05, 0) is 115 Å². The van der Waals surface area contributed by atoms with Crippen LogP contribution in [0.2, 0.25) is 0 Å². The van der Waals surface area contributed by atoms with Gasteiger partial charge in [0.15, 0.2) is 0 Å². The van der Waals surface area contributed by atoms with Crippen LogP contribution in [0.4, 0.5) is 17.1 Å². The molecule has 0 N–H and O–H groups in total. The first kappa shape index (κ1) is 34.0. The van der Waals surface area contributed by atoms with Crippen LogP contribution in [0, 0.1) is 0 Å². The van der Waals surface area contributed by atoms with E-state index in [2.05, 4.69) is 229 Å². The van der Waals surface area contributed by atoms with Crippen LogP contribution in [0.1, 0.15) is 0 Å². The molecule has 0 saturated heterocycles. The fourth-order valence-corrected chi connectivity index (χ4v) is 9.81. The maximum Gasteiger partial charge on any atom is 0.0640 e. The lowest BCUT2D eigenvalue weighted by Gasteiger charge is -2.26. The van der Waals surface area contributed by atoms with E-state index in [0.29, 0.717) is 0 Å². The van der Waals surface area contributed by atoms with E-state index >= 15 is 0 Å². The SMILES string of the molecule is c1ccc(-c2cccc3cc(-c4ccc(N(c5ccc(-c6ccc7c(-c8ccccc8)cccc7c6)cc5)c5cccc6c5sc5ccccc56)cc4)ccc23)cc1. The molecule has 10 aromatic carbocycles. The molecule has 0 fully saturated rings. The third kappa shape index (κ3) is 6.03. The number of rotatable bonds is 7. The molecule has 272 valence electrons. The molecular weight excluding hydrogens is 719 g/mol. The highest BCUT2D eigenvalue weighted by Gasteiger charge is 2.19. The molecule has 0 aliphatic carbocycles. The van der Waals surface area contributed by atoms with Gasteiger partial charge in [-0.15, -0.1) is 11.3 Å². The zero-order valence-electron chi connectivity index (χ0n) is 31.7. The van der Waals surface area contributed by atoms with Gasteiger partial charge in [-0.1, -0.05) is 176 Å². The summed E-state index contributed by atoms with van der Waals surface area (Å²) in [6.45, 7) is 0. The highest BCUT2D eigenvalue weighted by atomic mass is 32.1. The third-order valence-corrected chi connectivity index (χ3v) is 12.7. The first-order valence-electron chi connectivity index (χ1n) is 19.8. The van der Waals surface area contributed by atoms with Crippen molar-refractivity contribution >= 4 is 70.1 Å². The van der Waals surface area contributed by atoms with Gasteiger partial charge in [-0.25, -0.2) is 0 Å². The summed E-state index contributed by atoms with van der Waals surface area (Å²) >= 11 is 1.87. The van der Waals surface area contributed by atoms with E-state index in [1.165, 1.54) is 91.9 Å². The predicted octanol–water partition coefficient (Wildman–Crippen LogP) is 16.5. The molecule has 1 heterocycles. The van der Waals surface area contributed by atoms with Crippen LogP contribution in [-0.2, 0) is 0 Å². The number of hydrogen-bond donors (Lipinski definition) is 0. The van der Waals surface area contributed by atoms with Crippen LogP contribution in [0.3, 0.4) is 0 Å². The van der Waals surface area contributed by atoms with Gasteiger partial charge in [0.1, 0.15) is 0 Å². The van der Waals surface area contributed by atoms with Crippen molar-refractivity contribution in [2.75, 3.05) is 4.90 Å². The maximum atomic E-state index is 2.42. The number of benzene rings is 10. The molecule has 0 unspecified atom stereocenters. The van der Waals surface area contributed by atoms with Gasteiger partial charge in [-0.3, -0.25) is 0 Å². The van der Waals surface area contributed by atoms with Gasteiger partial charge in [-0.2, -0.15) is 0 Å². The maximum absolute atomic E-state index is 2.42. The lowest BCUT2D eigenvalue weighted by molar-refractivity contribution is 1.30. The summed E-state index contributed by atoms with van der Waals surface area (Å²) in [6.07, 6.45) is 0. The first-order chi connectivity index (χ1) is 28.7. The molecule has 0 saturated carbocycles. The van der Waals surface area contributed by atoms with Gasteiger partial charge < -0.3 is 4.90 Å². The molecule has 11 aromatic rings. The van der Waals surface area contributed by atoms with E-state index in [1.54, 1.807) is 0 Å². The number of anilines is 3. The Morgan fingerprint density at radius 1 is 0.293 bits per heavy atom. The summed E-state index contributed by atoms with van der Waals surface area (Å²) in [5.41, 5.74) is 13.2. The van der Waals surface area contributed by atoms with E-state index in [-0.39, 0.29) is 0 Å². The molecule has 0 amide bonds. The Bertz CT molecular complexity index is 3090. The summed E-state index contributed by atoms with van der Waals surface area (Å²) in [5.74, 6) is 0. The van der Waals surface area contributed by atoms with Crippen molar-refractivity contribution in [2.45, 2.75) is 0 Å². The second-order valence-electron chi connectivity index (χ2n) is 14.9. The van der Waals surface area contributed by atoms with Crippen LogP contribution >= 0.6 is 11.3 Å². The zero-order chi connectivity index (χ0) is 38.4. The summed E-state index contributed by atoms with van der Waals surface area (Å²) in [6, 6.07) is 81.8. The molecule has 1 aromatic heterocycles. The fraction of sp³-hybridized carbons (Fsp3) is 0. The quantitative estimate of drug-likeness (QED) is 0.157. The Kier molecular flexibility index (Phi) is 8.42. The number of fused-ring (bicyclic) bond motifs is 5. The van der Waals surface area contributed by atoms with Gasteiger partial charge in [0.25, 0.3) is 0 Å². The summed E-state index contributed by atoms with van der Waals surface area (Å²) < 4.78 is 2.58. The molecule has 0 bridgehead atoms. The molecule has 11 rings (SSSR count). The number of hydrogen-bond acceptors (Lipinski definition) is 2. The Labute approximate surface area is 342 Å². The van der Waals surface area contributed by atoms with Gasteiger partial charge in [0.05, 0.1) is 10.4 Å². The number of nitrogens with zero attached hydrogens (tertiary/aromatic N) is 1. The predicted molar refractivity (Wildman–Crippen MR) is 251 cm³/mol. The molecule has 0 atom stereocenters. The van der Waals surface area contributed by atoms with Gasteiger partial charge >= 0.3 is 0 Å². The molecule has 0 aliphatic heterocycles. The van der Waals surface area contributed by atoms with E-state index in [4.69, 9.17) is 0 Å². The van der Waals surface area contributed by atoms with Crippen molar-refractivity contribution < 1.29 is 0 Å². The molecule has 0 radical (unpaired) electrons. The average molecular weight is 756 g/mol. The van der Waals surface area contributed by atoms with Crippen molar-refractivity contribution in [1.82, 2.24) is 0 Å². The van der Waals surface area contributed by atoms with Crippen LogP contribution < -0.4 is 4.90 Å². The van der Waals surface area contributed by atoms with Crippen LogP contribution in [0.25, 0.3) is 86.2 Å². The van der Waals surface area contributed by atoms with E-state index < -0.39 is 0 Å². The monoisotopic (exact) mass is 755 g/mol. The lowest BCUT2D eigenvalue weighted by atomic mass is 9.95. The molecule has 0 spiro atoms. The standard InChI is InChI=1S/C56H37NS/c1-3-12-40(13-4-1)48-19-9-16-44-36-42(28-34-50(44)48)38-24-30-46(31-25-38)57(54-22-11-21-53-52-18-7-8-23-55(52)58-56(53)54)47-32-26-39(27-33-47)43-29-35-51-45(37-43)17-10-20-49(51)41-14-5-2-6-15-41/h1-37H. The van der Waals surface area contributed by atoms with E-state index in [1.807, 2.05) is 11.3 Å². The second kappa shape index (κ2) is 14.4. The average Bonchev–Trinajstić information content (AvgIpc) is 3.69. The smallest absolute Gasteiger partial charge is 0.0640 e. The Morgan fingerprint density at radius 2 is 0.759 bits per heavy atom. The van der Waals surface area contributed by atoms with E-state index in [9.17, 15) is 0 Å². The van der Waals surface area contributed by atoms with Crippen molar-refractivity contribution in [1.29, 1.82) is 0 Å². The summed E-state index contributed by atoms with van der Waals surface area (Å²) in [7, 11) is 0. The zero-order valence-corrected chi connectivity index (χ0v) is 32.5. The minimum atomic E-state index is 1.12. The third-order valence-electron chi connectivity index (χ3n) is 11.5. The summed E-state index contributed by atoms with van der Waals surface area (Å²) in [5, 5.41) is 7.59. The Balaban J connectivity index is 0.982. The lowest BCUT2D eigenvalue weighted by Crippen LogP contribution is -2.10. The normalized spacial score (nSPS) is 11.4. The summed E-state index contributed by atoms with van der Waals surface area (Å²) in [4.78, 5) is 2.42. The van der Waals surface area contributed by atoms with Crippen LogP contribution in [-0.4, -0.2) is 0 Å². The highest BCUT2D eigenvalue weighted by Crippen LogP contribution is 2.45. The van der Waals surface area contributed by atoms with Crippen molar-refractivity contribution in [3.63, 3.8) is 0 Å². The van der Waals surface area contributed by atoms with Crippen molar-refractivity contribution in [3.8, 4) is 44.5 Å². The van der Waals surface area contributed by atoms with Crippen molar-refractivity contribution in [2.24, 2.45) is 0 Å². The van der Waals surface area contributed by atoms with Gasteiger partial charge in [0, 0.05) is 26.8 Å². The Morgan fingerprint density at radius 3 is 1.31 bits per heavy atom. The minimum Gasteiger partial charge on any atom is -0.309 e. The molecular formula is C56H37NS. The molecule has 2 heteroatoms. The topological polar surface area (TPSA) is 3.24 Å². The first-order valence-corrected chi connectivity index (χ1v) is 20.6. The van der Waals surface area contributed by atoms with Crippen LogP contribution in [0.15, 0.2) is 224 Å². The fourth-order valence-electron chi connectivity index (χ4n) is 8.61. The molecule has 58 heavy (non-hydrogen) atoms. The van der Waals surface area contributed by atoms with Crippen LogP contribution in [0.5, 0.6) is 0 Å². The number of thiophene rings is 1. The highest BCUT2D eigenvalue weighted by molar-refractivity contribution is 7.26. The molecule has 0 aliphatic rings. The molecule has 1 nitrogen and oxygen atoms in total. The van der Waals surface area contributed by atoms with Crippen molar-refractivity contribution in [3.05, 3.63) is 224 Å². The van der Waals surface area contributed by atoms with Gasteiger partial charge in [0.2, 0.25) is 0 Å². The second-order valence-corrected chi connectivity index (χ2v) is 15.9.